The van der Waals surface area contributed by atoms with E-state index in [0.29, 0.717) is 0 Å². The van der Waals surface area contributed by atoms with E-state index in [0.717, 1.165) is 0 Å². The zero-order valence-electron chi connectivity index (χ0n) is 10.6. The normalized spacial score (nSPS) is 12.0. The SMILES string of the molecule is CC(C)NC(=O)C(C)Nc1ncccc1C(=O)O. The maximum Gasteiger partial charge on any atom is 0.339 e. The molecule has 0 aliphatic rings. The third-order valence-electron chi connectivity index (χ3n) is 2.22. The second-order valence-corrected chi connectivity index (χ2v) is 4.23. The average Bonchev–Trinajstić information content (AvgIpc) is 2.28. The number of amides is 1. The lowest BCUT2D eigenvalue weighted by Crippen LogP contribution is -2.41. The van der Waals surface area contributed by atoms with E-state index in [1.54, 1.807) is 6.92 Å². The molecule has 1 rings (SSSR count). The predicted octanol–water partition coefficient (Wildman–Crippen LogP) is 1.10. The van der Waals surface area contributed by atoms with Crippen LogP contribution in [-0.4, -0.2) is 34.1 Å². The van der Waals surface area contributed by atoms with Crippen LogP contribution < -0.4 is 10.6 Å². The van der Waals surface area contributed by atoms with Crippen molar-refractivity contribution in [1.29, 1.82) is 0 Å². The molecule has 0 bridgehead atoms. The maximum absolute atomic E-state index is 11.7. The number of carbonyl (C=O) groups is 2. The topological polar surface area (TPSA) is 91.3 Å². The fourth-order valence-electron chi connectivity index (χ4n) is 1.37. The Morgan fingerprint density at radius 2 is 2.00 bits per heavy atom. The Bertz CT molecular complexity index is 446. The summed E-state index contributed by atoms with van der Waals surface area (Å²) in [5, 5.41) is 14.5. The van der Waals surface area contributed by atoms with Gasteiger partial charge in [0.2, 0.25) is 5.91 Å². The van der Waals surface area contributed by atoms with Crippen molar-refractivity contribution in [1.82, 2.24) is 10.3 Å². The number of anilines is 1. The first kappa shape index (κ1) is 14.0. The number of hydrogen-bond donors (Lipinski definition) is 3. The Morgan fingerprint density at radius 3 is 2.56 bits per heavy atom. The Kier molecular flexibility index (Phi) is 4.65. The fourth-order valence-corrected chi connectivity index (χ4v) is 1.37. The molecule has 0 saturated carbocycles. The molecule has 0 aliphatic heterocycles. The van der Waals surface area contributed by atoms with Gasteiger partial charge in [0, 0.05) is 12.2 Å². The summed E-state index contributed by atoms with van der Waals surface area (Å²) in [7, 11) is 0. The lowest BCUT2D eigenvalue weighted by Gasteiger charge is -2.17. The number of nitrogens with zero attached hydrogens (tertiary/aromatic N) is 1. The van der Waals surface area contributed by atoms with Gasteiger partial charge in [-0.2, -0.15) is 0 Å². The molecule has 0 fully saturated rings. The minimum Gasteiger partial charge on any atom is -0.478 e. The molecule has 6 heteroatoms. The standard InChI is InChI=1S/C12H17N3O3/c1-7(2)14-11(16)8(3)15-10-9(12(17)18)5-4-6-13-10/h4-8H,1-3H3,(H,13,15)(H,14,16)(H,17,18). The lowest BCUT2D eigenvalue weighted by molar-refractivity contribution is -0.122. The largest absolute Gasteiger partial charge is 0.478 e. The maximum atomic E-state index is 11.7. The highest BCUT2D eigenvalue weighted by Crippen LogP contribution is 2.12. The van der Waals surface area contributed by atoms with E-state index in [4.69, 9.17) is 5.11 Å². The van der Waals surface area contributed by atoms with E-state index < -0.39 is 12.0 Å². The van der Waals surface area contributed by atoms with Gasteiger partial charge >= 0.3 is 5.97 Å². The predicted molar refractivity (Wildman–Crippen MR) is 67.6 cm³/mol. The molecule has 0 saturated heterocycles. The molecule has 1 heterocycles. The van der Waals surface area contributed by atoms with Crippen molar-refractivity contribution < 1.29 is 14.7 Å². The quantitative estimate of drug-likeness (QED) is 0.729. The van der Waals surface area contributed by atoms with Crippen LogP contribution in [0.1, 0.15) is 31.1 Å². The summed E-state index contributed by atoms with van der Waals surface area (Å²) in [6.45, 7) is 5.36. The van der Waals surface area contributed by atoms with Crippen molar-refractivity contribution in [2.24, 2.45) is 0 Å². The van der Waals surface area contributed by atoms with Crippen molar-refractivity contribution in [3.05, 3.63) is 23.9 Å². The van der Waals surface area contributed by atoms with E-state index in [1.807, 2.05) is 13.8 Å². The van der Waals surface area contributed by atoms with Gasteiger partial charge in [-0.25, -0.2) is 9.78 Å². The molecule has 98 valence electrons. The number of rotatable bonds is 5. The van der Waals surface area contributed by atoms with E-state index in [9.17, 15) is 9.59 Å². The Morgan fingerprint density at radius 1 is 1.33 bits per heavy atom. The van der Waals surface area contributed by atoms with Crippen LogP contribution in [0.4, 0.5) is 5.82 Å². The number of hydrogen-bond acceptors (Lipinski definition) is 4. The molecule has 0 aliphatic carbocycles. The summed E-state index contributed by atoms with van der Waals surface area (Å²) in [5.41, 5.74) is 0.0432. The Labute approximate surface area is 105 Å². The van der Waals surface area contributed by atoms with Gasteiger partial charge in [-0.3, -0.25) is 4.79 Å². The van der Waals surface area contributed by atoms with Gasteiger partial charge in [0.25, 0.3) is 0 Å². The number of aromatic nitrogens is 1. The molecule has 3 N–H and O–H groups in total. The molecule has 1 aromatic rings. The van der Waals surface area contributed by atoms with Crippen LogP contribution in [0.3, 0.4) is 0 Å². The number of aromatic carboxylic acids is 1. The Hall–Kier alpha value is -2.11. The molecule has 18 heavy (non-hydrogen) atoms. The smallest absolute Gasteiger partial charge is 0.339 e. The number of carbonyl (C=O) groups excluding carboxylic acids is 1. The molecular weight excluding hydrogens is 234 g/mol. The molecule has 1 atom stereocenters. The van der Waals surface area contributed by atoms with Gasteiger partial charge < -0.3 is 15.7 Å². The van der Waals surface area contributed by atoms with Gasteiger partial charge in [-0.15, -0.1) is 0 Å². The third kappa shape index (κ3) is 3.73. The number of carboxylic acid groups (broad SMARTS) is 1. The monoisotopic (exact) mass is 251 g/mol. The van der Waals surface area contributed by atoms with Crippen molar-refractivity contribution in [3.8, 4) is 0 Å². The van der Waals surface area contributed by atoms with Crippen molar-refractivity contribution in [3.63, 3.8) is 0 Å². The molecule has 1 amide bonds. The highest BCUT2D eigenvalue weighted by Gasteiger charge is 2.17. The first-order valence-electron chi connectivity index (χ1n) is 5.67. The summed E-state index contributed by atoms with van der Waals surface area (Å²) >= 11 is 0. The average molecular weight is 251 g/mol. The van der Waals surface area contributed by atoms with E-state index in [-0.39, 0.29) is 23.3 Å². The van der Waals surface area contributed by atoms with Crippen molar-refractivity contribution in [2.45, 2.75) is 32.9 Å². The van der Waals surface area contributed by atoms with E-state index in [2.05, 4.69) is 15.6 Å². The first-order chi connectivity index (χ1) is 8.41. The third-order valence-corrected chi connectivity index (χ3v) is 2.22. The molecule has 1 aromatic heterocycles. The highest BCUT2D eigenvalue weighted by molar-refractivity contribution is 5.94. The van der Waals surface area contributed by atoms with Gasteiger partial charge in [-0.05, 0) is 32.9 Å². The molecule has 0 radical (unpaired) electrons. The molecular formula is C12H17N3O3. The minimum absolute atomic E-state index is 0.0319. The highest BCUT2D eigenvalue weighted by atomic mass is 16.4. The molecule has 0 spiro atoms. The molecule has 0 aromatic carbocycles. The number of carboxylic acids is 1. The summed E-state index contributed by atoms with van der Waals surface area (Å²) in [5.74, 6) is -1.09. The van der Waals surface area contributed by atoms with Crippen LogP contribution in [0, 0.1) is 0 Å². The lowest BCUT2D eigenvalue weighted by atomic mass is 10.2. The zero-order chi connectivity index (χ0) is 13.7. The van der Waals surface area contributed by atoms with Crippen molar-refractivity contribution >= 4 is 17.7 Å². The van der Waals surface area contributed by atoms with Crippen LogP contribution in [0.2, 0.25) is 0 Å². The summed E-state index contributed by atoms with van der Waals surface area (Å²) < 4.78 is 0. The summed E-state index contributed by atoms with van der Waals surface area (Å²) in [6, 6.07) is 2.45. The van der Waals surface area contributed by atoms with E-state index >= 15 is 0 Å². The van der Waals surface area contributed by atoms with Gasteiger partial charge in [0.05, 0.1) is 0 Å². The van der Waals surface area contributed by atoms with Crippen LogP contribution in [-0.2, 0) is 4.79 Å². The minimum atomic E-state index is -1.08. The fraction of sp³-hybridized carbons (Fsp3) is 0.417. The van der Waals surface area contributed by atoms with Crippen molar-refractivity contribution in [2.75, 3.05) is 5.32 Å². The second-order valence-electron chi connectivity index (χ2n) is 4.23. The number of nitrogens with one attached hydrogen (secondary N) is 2. The summed E-state index contributed by atoms with van der Waals surface area (Å²) in [6.07, 6.45) is 1.47. The van der Waals surface area contributed by atoms with Crippen LogP contribution in [0.25, 0.3) is 0 Å². The van der Waals surface area contributed by atoms with Crippen LogP contribution >= 0.6 is 0 Å². The first-order valence-corrected chi connectivity index (χ1v) is 5.67. The second kappa shape index (κ2) is 6.00. The van der Waals surface area contributed by atoms with Gasteiger partial charge in [0.1, 0.15) is 17.4 Å². The zero-order valence-corrected chi connectivity index (χ0v) is 10.6. The number of pyridine rings is 1. The van der Waals surface area contributed by atoms with Gasteiger partial charge in [-0.1, -0.05) is 0 Å². The van der Waals surface area contributed by atoms with Crippen LogP contribution in [0.15, 0.2) is 18.3 Å². The molecule has 6 nitrogen and oxygen atoms in total. The molecule has 1 unspecified atom stereocenters. The van der Waals surface area contributed by atoms with E-state index in [1.165, 1.54) is 18.3 Å². The van der Waals surface area contributed by atoms with Crippen LogP contribution in [0.5, 0.6) is 0 Å². The Balaban J connectivity index is 2.78. The van der Waals surface area contributed by atoms with Gasteiger partial charge in [0.15, 0.2) is 0 Å². The summed E-state index contributed by atoms with van der Waals surface area (Å²) in [4.78, 5) is 26.6.